The molecule has 7 heteroatoms. The van der Waals surface area contributed by atoms with Crippen molar-refractivity contribution in [2.24, 2.45) is 56.7 Å². The summed E-state index contributed by atoms with van der Waals surface area (Å²) in [5, 5.41) is 10.4. The average Bonchev–Trinajstić information content (AvgIpc) is 3.48. The van der Waals surface area contributed by atoms with Crippen molar-refractivity contribution in [2.75, 3.05) is 33.7 Å². The van der Waals surface area contributed by atoms with Gasteiger partial charge in [0.1, 0.15) is 5.78 Å². The van der Waals surface area contributed by atoms with Crippen LogP contribution in [0.15, 0.2) is 58.7 Å². The lowest BCUT2D eigenvalue weighted by Crippen LogP contribution is -2.64. The third kappa shape index (κ3) is 7.25. The van der Waals surface area contributed by atoms with Crippen LogP contribution in [0.1, 0.15) is 138 Å². The molecule has 0 aromatic heterocycles. The number of nitrogens with zero attached hydrogens (tertiary/aromatic N) is 2. The fourth-order valence-corrected chi connectivity index (χ4v) is 14.7. The molecule has 1 aromatic rings. The highest BCUT2D eigenvalue weighted by molar-refractivity contribution is 6.30. The molecule has 6 aliphatic rings. The fraction of sp³-hybridized carbons (Fsp3) is 0.706. The van der Waals surface area contributed by atoms with Gasteiger partial charge in [-0.15, -0.1) is 0 Å². The quantitative estimate of drug-likeness (QED) is 0.214. The van der Waals surface area contributed by atoms with Crippen molar-refractivity contribution in [3.63, 3.8) is 0 Å². The first kappa shape index (κ1) is 43.5. The summed E-state index contributed by atoms with van der Waals surface area (Å²) in [6.45, 7) is 20.7. The molecule has 6 aliphatic carbocycles. The SMILES string of the molecule is CC(C)C1=C2[C@H]3CC[C@@H]4[C@@]5(C)CC=C(C6=CC[C@H](C(=O)O)CC6)C(C)(C)[C@@H]5CC[C@@]4(C)[C@]3(C)CC[C@@]2(C(=O)CCCN(CCN(C)C)Cc2ccc(Cl)cc2)CC1=O. The fourth-order valence-electron chi connectivity index (χ4n) is 14.6. The molecule has 0 spiro atoms. The molecule has 3 saturated carbocycles. The molecule has 1 aromatic carbocycles. The van der Waals surface area contributed by atoms with Crippen molar-refractivity contribution >= 4 is 29.1 Å². The van der Waals surface area contributed by atoms with Gasteiger partial charge in [0.2, 0.25) is 0 Å². The molecule has 6 nitrogen and oxygen atoms in total. The summed E-state index contributed by atoms with van der Waals surface area (Å²) in [5.74, 6) is 1.11. The van der Waals surface area contributed by atoms with E-state index in [9.17, 15) is 19.5 Å². The highest BCUT2D eigenvalue weighted by Crippen LogP contribution is 2.77. The van der Waals surface area contributed by atoms with Crippen molar-refractivity contribution in [1.82, 2.24) is 9.80 Å². The third-order valence-electron chi connectivity index (χ3n) is 17.7. The molecule has 0 bridgehead atoms. The molecule has 58 heavy (non-hydrogen) atoms. The molecule has 8 atom stereocenters. The number of hydrogen-bond acceptors (Lipinski definition) is 5. The number of aliphatic carboxylic acids is 1. The van der Waals surface area contributed by atoms with E-state index >= 15 is 0 Å². The number of Topliss-reactive ketones (excluding diaryl/α,β-unsaturated/α-hetero) is 2. The molecule has 0 radical (unpaired) electrons. The minimum absolute atomic E-state index is 0.0151. The van der Waals surface area contributed by atoms with Crippen LogP contribution in [0.3, 0.4) is 0 Å². The molecule has 0 saturated heterocycles. The Labute approximate surface area is 355 Å². The Kier molecular flexibility index (Phi) is 12.1. The summed E-state index contributed by atoms with van der Waals surface area (Å²) in [6.07, 6.45) is 16.2. The minimum atomic E-state index is -0.665. The predicted octanol–water partition coefficient (Wildman–Crippen LogP) is 11.4. The van der Waals surface area contributed by atoms with Crippen LogP contribution in [-0.4, -0.2) is 66.2 Å². The third-order valence-corrected chi connectivity index (χ3v) is 18.0. The number of fused-ring (bicyclic) bond motifs is 7. The standard InChI is InChI=1S/C51H73ClN2O4/c1-33(2)44-40(55)31-51(43(56)11-10-28-54(30-29-53(8)9)32-34-12-18-37(52)19-13-34)27-26-49(6)39(45(44)51)20-21-42-48(5)24-22-38(35-14-16-36(17-15-35)46(57)58)47(3,4)41(48)23-25-50(42,49)7/h12-14,18-19,22,33,36,39,41-42H,10-11,15-17,20-21,23-32H2,1-9H3,(H,57,58)/t36-,39+,41-,42+,48-,49+,50+,51-/m0/s1. The largest absolute Gasteiger partial charge is 0.481 e. The number of hydrogen-bond donors (Lipinski definition) is 1. The van der Waals surface area contributed by atoms with E-state index in [1.807, 2.05) is 12.1 Å². The van der Waals surface area contributed by atoms with E-state index in [0.29, 0.717) is 36.9 Å². The Hall–Kier alpha value is -2.54. The number of allylic oxidation sites excluding steroid dienone is 6. The van der Waals surface area contributed by atoms with Crippen LogP contribution in [0.2, 0.25) is 5.02 Å². The number of halogens is 1. The second-order valence-corrected chi connectivity index (χ2v) is 22.0. The maximum Gasteiger partial charge on any atom is 0.306 e. The van der Waals surface area contributed by atoms with E-state index in [0.717, 1.165) is 88.1 Å². The Morgan fingerprint density at radius 2 is 1.60 bits per heavy atom. The van der Waals surface area contributed by atoms with Crippen LogP contribution in [0.5, 0.6) is 0 Å². The molecule has 0 unspecified atom stereocenters. The first-order valence-electron chi connectivity index (χ1n) is 22.8. The second-order valence-electron chi connectivity index (χ2n) is 21.6. The summed E-state index contributed by atoms with van der Waals surface area (Å²) in [7, 11) is 4.22. The number of ketones is 2. The van der Waals surface area contributed by atoms with Gasteiger partial charge in [-0.2, -0.15) is 0 Å². The lowest BCUT2D eigenvalue weighted by Gasteiger charge is -2.71. The summed E-state index contributed by atoms with van der Waals surface area (Å²) in [5.41, 5.74) is 6.02. The zero-order valence-corrected chi connectivity index (χ0v) is 38.1. The van der Waals surface area contributed by atoms with Gasteiger partial charge in [0, 0.05) is 37.5 Å². The summed E-state index contributed by atoms with van der Waals surface area (Å²) >= 11 is 6.20. The predicted molar refractivity (Wildman–Crippen MR) is 235 cm³/mol. The molecule has 1 N–H and O–H groups in total. The van der Waals surface area contributed by atoms with Crippen molar-refractivity contribution in [3.8, 4) is 0 Å². The van der Waals surface area contributed by atoms with Crippen molar-refractivity contribution in [3.05, 3.63) is 69.3 Å². The van der Waals surface area contributed by atoms with Crippen LogP contribution in [0, 0.1) is 56.7 Å². The first-order chi connectivity index (χ1) is 27.3. The van der Waals surface area contributed by atoms with E-state index in [2.05, 4.69) is 96.6 Å². The minimum Gasteiger partial charge on any atom is -0.481 e. The van der Waals surface area contributed by atoms with Gasteiger partial charge in [-0.05, 0) is 177 Å². The van der Waals surface area contributed by atoms with Gasteiger partial charge in [-0.25, -0.2) is 0 Å². The van der Waals surface area contributed by atoms with Crippen LogP contribution in [-0.2, 0) is 20.9 Å². The van der Waals surface area contributed by atoms with Gasteiger partial charge in [-0.1, -0.05) is 84.4 Å². The van der Waals surface area contributed by atoms with Gasteiger partial charge in [0.15, 0.2) is 5.78 Å². The van der Waals surface area contributed by atoms with Crippen molar-refractivity contribution < 1.29 is 19.5 Å². The van der Waals surface area contributed by atoms with E-state index in [-0.39, 0.29) is 45.2 Å². The first-order valence-corrected chi connectivity index (χ1v) is 23.2. The van der Waals surface area contributed by atoms with E-state index in [1.165, 1.54) is 35.1 Å². The van der Waals surface area contributed by atoms with Crippen molar-refractivity contribution in [2.45, 2.75) is 138 Å². The maximum atomic E-state index is 15.0. The number of carboxylic acids is 1. The summed E-state index contributed by atoms with van der Waals surface area (Å²) < 4.78 is 0. The molecule has 318 valence electrons. The van der Waals surface area contributed by atoms with E-state index in [1.54, 1.807) is 0 Å². The van der Waals surface area contributed by atoms with Crippen LogP contribution in [0.25, 0.3) is 0 Å². The Morgan fingerprint density at radius 3 is 2.24 bits per heavy atom. The Morgan fingerprint density at radius 1 is 0.879 bits per heavy atom. The molecule has 0 amide bonds. The number of carbonyl (C=O) groups is 3. The highest BCUT2D eigenvalue weighted by atomic mass is 35.5. The van der Waals surface area contributed by atoms with Gasteiger partial charge in [0.25, 0.3) is 0 Å². The number of carbonyl (C=O) groups excluding carboxylic acids is 2. The van der Waals surface area contributed by atoms with Crippen LogP contribution in [0.4, 0.5) is 0 Å². The summed E-state index contributed by atoms with van der Waals surface area (Å²) in [4.78, 5) is 45.6. The van der Waals surface area contributed by atoms with Crippen LogP contribution < -0.4 is 0 Å². The molecular formula is C51H73ClN2O4. The number of benzene rings is 1. The molecule has 0 aliphatic heterocycles. The number of rotatable bonds is 13. The second kappa shape index (κ2) is 16.1. The topological polar surface area (TPSA) is 77.9 Å². The number of likely N-dealkylation sites (N-methyl/N-ethyl adjacent to an activating group) is 1. The number of carboxylic acid groups (broad SMARTS) is 1. The van der Waals surface area contributed by atoms with Gasteiger partial charge >= 0.3 is 5.97 Å². The van der Waals surface area contributed by atoms with Gasteiger partial charge in [-0.3, -0.25) is 19.3 Å². The lowest BCUT2D eigenvalue weighted by molar-refractivity contribution is -0.199. The monoisotopic (exact) mass is 813 g/mol. The maximum absolute atomic E-state index is 15.0. The Balaban J connectivity index is 1.13. The molecule has 0 heterocycles. The molecular weight excluding hydrogens is 740 g/mol. The van der Waals surface area contributed by atoms with E-state index < -0.39 is 11.4 Å². The zero-order valence-electron chi connectivity index (χ0n) is 37.3. The molecule has 3 fully saturated rings. The van der Waals surface area contributed by atoms with Gasteiger partial charge < -0.3 is 10.0 Å². The Bertz CT molecular complexity index is 1870. The lowest BCUT2D eigenvalue weighted by atomic mass is 9.33. The van der Waals surface area contributed by atoms with Crippen LogP contribution >= 0.6 is 11.6 Å². The highest BCUT2D eigenvalue weighted by Gasteiger charge is 2.70. The zero-order chi connectivity index (χ0) is 42.0. The average molecular weight is 814 g/mol. The van der Waals surface area contributed by atoms with E-state index in [4.69, 9.17) is 11.6 Å². The van der Waals surface area contributed by atoms with Crippen molar-refractivity contribution in [1.29, 1.82) is 0 Å². The molecule has 7 rings (SSSR count). The van der Waals surface area contributed by atoms with Gasteiger partial charge in [0.05, 0.1) is 11.3 Å². The summed E-state index contributed by atoms with van der Waals surface area (Å²) in [6, 6.07) is 8.11. The normalized spacial score (nSPS) is 35.6. The smallest absolute Gasteiger partial charge is 0.306 e.